The molecular formula is C6H7ClF3S. The molecule has 0 unspecified atom stereocenters. The Morgan fingerprint density at radius 3 is 1.73 bits per heavy atom. The second kappa shape index (κ2) is 7.63. The van der Waals surface area contributed by atoms with E-state index in [4.69, 9.17) is 24.2 Å². The Kier molecular flexibility index (Phi) is 11.7. The van der Waals surface area contributed by atoms with E-state index in [2.05, 4.69) is 0 Å². The summed E-state index contributed by atoms with van der Waals surface area (Å²) < 4.78 is 0. The van der Waals surface area contributed by atoms with Crippen LogP contribution < -0.4 is 0 Å². The summed E-state index contributed by atoms with van der Waals surface area (Å²) in [5.41, 5.74) is 0. The predicted octanol–water partition coefficient (Wildman–Crippen LogP) is 3.35. The van der Waals surface area contributed by atoms with Crippen LogP contribution in [0.4, 0.5) is 14.1 Å². The second-order valence-corrected chi connectivity index (χ2v) is 2.28. The van der Waals surface area contributed by atoms with Crippen molar-refractivity contribution >= 4 is 24.2 Å². The maximum Gasteiger partial charge on any atom is 0.0586 e. The molecule has 0 N–H and O–H groups in total. The lowest BCUT2D eigenvalue weighted by molar-refractivity contribution is 1.11. The van der Waals surface area contributed by atoms with Crippen molar-refractivity contribution in [3.05, 3.63) is 29.3 Å². The van der Waals surface area contributed by atoms with Gasteiger partial charge >= 0.3 is 0 Å². The fourth-order valence-corrected chi connectivity index (χ4v) is 0.727. The number of benzene rings is 1. The van der Waals surface area contributed by atoms with Crippen molar-refractivity contribution in [2.75, 3.05) is 0 Å². The van der Waals surface area contributed by atoms with Crippen LogP contribution in [0.5, 0.6) is 0 Å². The molecule has 5 heteroatoms. The summed E-state index contributed by atoms with van der Waals surface area (Å²) in [7, 11) is 0. The lowest BCUT2D eigenvalue weighted by Gasteiger charge is -1.88. The van der Waals surface area contributed by atoms with E-state index in [0.29, 0.717) is 9.92 Å². The first kappa shape index (κ1) is 16.9. The third kappa shape index (κ3) is 4.86. The zero-order valence-corrected chi connectivity index (χ0v) is 6.89. The topological polar surface area (TPSA) is 0 Å². The van der Waals surface area contributed by atoms with Crippen molar-refractivity contribution in [2.45, 2.75) is 4.90 Å². The van der Waals surface area contributed by atoms with Crippen molar-refractivity contribution in [1.29, 1.82) is 0 Å². The first-order valence-corrected chi connectivity index (χ1v) is 3.01. The monoisotopic (exact) mass is 203 g/mol. The van der Waals surface area contributed by atoms with Crippen LogP contribution in [-0.2, 0) is 0 Å². The number of halogens is 4. The van der Waals surface area contributed by atoms with Crippen molar-refractivity contribution in [2.24, 2.45) is 0 Å². The Morgan fingerprint density at radius 1 is 1.00 bits per heavy atom. The molecule has 1 aromatic rings. The zero-order valence-electron chi connectivity index (χ0n) is 5.32. The maximum absolute atomic E-state index is 5.60. The molecule has 0 aliphatic carbocycles. The van der Waals surface area contributed by atoms with Gasteiger partial charge in [-0.25, -0.2) is 0 Å². The minimum absolute atomic E-state index is 0. The fraction of sp³-hybridized carbons (Fsp3) is 0. The van der Waals surface area contributed by atoms with Crippen molar-refractivity contribution in [3.8, 4) is 0 Å². The minimum Gasteiger partial charge on any atom is -0.269 e. The molecule has 0 bridgehead atoms. The molecule has 0 saturated heterocycles. The SMILES string of the molecule is F.F.F.[S]c1ccccc1Cl. The maximum atomic E-state index is 5.60. The Hall–Kier alpha value is -0.480. The molecule has 0 spiro atoms. The van der Waals surface area contributed by atoms with Gasteiger partial charge in [0.1, 0.15) is 0 Å². The van der Waals surface area contributed by atoms with Crippen LogP contribution in [0.25, 0.3) is 0 Å². The van der Waals surface area contributed by atoms with Crippen LogP contribution in [0.3, 0.4) is 0 Å². The van der Waals surface area contributed by atoms with Crippen LogP contribution in [0.15, 0.2) is 29.2 Å². The zero-order chi connectivity index (χ0) is 5.98. The van der Waals surface area contributed by atoms with Gasteiger partial charge in [0.2, 0.25) is 0 Å². The van der Waals surface area contributed by atoms with Crippen LogP contribution in [0.1, 0.15) is 0 Å². The highest BCUT2D eigenvalue weighted by Crippen LogP contribution is 2.17. The summed E-state index contributed by atoms with van der Waals surface area (Å²) in [5.74, 6) is 0. The molecular weight excluding hydrogens is 197 g/mol. The lowest BCUT2D eigenvalue weighted by atomic mass is 10.4. The normalized spacial score (nSPS) is 6.64. The molecule has 0 fully saturated rings. The number of hydrogen-bond donors (Lipinski definition) is 0. The molecule has 1 rings (SSSR count). The van der Waals surface area contributed by atoms with E-state index in [-0.39, 0.29) is 14.1 Å². The molecule has 0 saturated carbocycles. The van der Waals surface area contributed by atoms with Gasteiger partial charge in [0, 0.05) is 0 Å². The Morgan fingerprint density at radius 2 is 1.45 bits per heavy atom. The highest BCUT2D eigenvalue weighted by Gasteiger charge is 1.89. The molecule has 0 aliphatic rings. The average Bonchev–Trinajstić information content (AvgIpc) is 1.77. The third-order valence-electron chi connectivity index (χ3n) is 0.837. The van der Waals surface area contributed by atoms with E-state index in [1.54, 1.807) is 12.1 Å². The molecule has 0 atom stereocenters. The van der Waals surface area contributed by atoms with Crippen LogP contribution in [-0.4, -0.2) is 0 Å². The summed E-state index contributed by atoms with van der Waals surface area (Å²) in [6, 6.07) is 7.31. The van der Waals surface area contributed by atoms with Gasteiger partial charge in [0.25, 0.3) is 0 Å². The average molecular weight is 204 g/mol. The highest BCUT2D eigenvalue weighted by molar-refractivity contribution is 7.80. The van der Waals surface area contributed by atoms with Gasteiger partial charge in [-0.3, -0.25) is 14.1 Å². The summed E-state index contributed by atoms with van der Waals surface area (Å²) in [5, 5.41) is 0.655. The van der Waals surface area contributed by atoms with Gasteiger partial charge in [-0.1, -0.05) is 36.4 Å². The largest absolute Gasteiger partial charge is 0.269 e. The smallest absolute Gasteiger partial charge is 0.0586 e. The first-order valence-electron chi connectivity index (χ1n) is 2.22. The molecule has 0 nitrogen and oxygen atoms in total. The van der Waals surface area contributed by atoms with Gasteiger partial charge in [0.15, 0.2) is 0 Å². The van der Waals surface area contributed by atoms with E-state index >= 15 is 0 Å². The third-order valence-corrected chi connectivity index (χ3v) is 1.63. The molecule has 0 amide bonds. The molecule has 11 heavy (non-hydrogen) atoms. The van der Waals surface area contributed by atoms with Gasteiger partial charge in [-0.05, 0) is 12.1 Å². The van der Waals surface area contributed by atoms with Crippen LogP contribution in [0.2, 0.25) is 5.02 Å². The summed E-state index contributed by atoms with van der Waals surface area (Å²) in [4.78, 5) is 0.717. The minimum atomic E-state index is 0. The van der Waals surface area contributed by atoms with Gasteiger partial charge in [0.05, 0.1) is 9.92 Å². The summed E-state index contributed by atoms with van der Waals surface area (Å²) in [6.45, 7) is 0. The van der Waals surface area contributed by atoms with E-state index in [0.717, 1.165) is 0 Å². The molecule has 0 heterocycles. The van der Waals surface area contributed by atoms with Crippen molar-refractivity contribution < 1.29 is 14.1 Å². The molecule has 0 aliphatic heterocycles. The van der Waals surface area contributed by atoms with E-state index in [9.17, 15) is 0 Å². The van der Waals surface area contributed by atoms with Gasteiger partial charge in [-0.15, -0.1) is 0 Å². The molecule has 0 aromatic heterocycles. The summed E-state index contributed by atoms with van der Waals surface area (Å²) in [6.07, 6.45) is 0. The lowest BCUT2D eigenvalue weighted by Crippen LogP contribution is -1.63. The van der Waals surface area contributed by atoms with Crippen molar-refractivity contribution in [3.63, 3.8) is 0 Å². The second-order valence-electron chi connectivity index (χ2n) is 1.43. The fourth-order valence-electron chi connectivity index (χ4n) is 0.445. The Balaban J connectivity index is -0.000000213. The molecule has 1 aromatic carbocycles. The highest BCUT2D eigenvalue weighted by atomic mass is 35.5. The van der Waals surface area contributed by atoms with Gasteiger partial charge < -0.3 is 0 Å². The number of hydrogen-bond acceptors (Lipinski definition) is 0. The first-order chi connectivity index (χ1) is 3.80. The quantitative estimate of drug-likeness (QED) is 0.607. The van der Waals surface area contributed by atoms with Gasteiger partial charge in [-0.2, -0.15) is 0 Å². The molecule has 1 radical (unpaired) electrons. The standard InChI is InChI=1S/C6H4ClS.3FH/c7-5-3-1-2-4-6(5)8;;;/h1-4H;3*1H. The predicted molar refractivity (Wildman–Crippen MR) is 44.8 cm³/mol. The van der Waals surface area contributed by atoms with E-state index in [1.165, 1.54) is 0 Å². The van der Waals surface area contributed by atoms with E-state index in [1.807, 2.05) is 12.1 Å². The van der Waals surface area contributed by atoms with Crippen molar-refractivity contribution in [1.82, 2.24) is 0 Å². The Bertz CT molecular complexity index is 174. The summed E-state index contributed by atoms with van der Waals surface area (Å²) >= 11 is 10.4. The number of rotatable bonds is 0. The molecule has 65 valence electrons. The van der Waals surface area contributed by atoms with Crippen LogP contribution in [0, 0.1) is 0 Å². The Labute approximate surface area is 73.1 Å². The van der Waals surface area contributed by atoms with E-state index < -0.39 is 0 Å². The van der Waals surface area contributed by atoms with Crippen LogP contribution >= 0.6 is 24.2 Å².